The molecule has 2 rings (SSSR count). The van der Waals surface area contributed by atoms with Gasteiger partial charge in [0.1, 0.15) is 11.5 Å². The zero-order valence-electron chi connectivity index (χ0n) is 11.2. The number of aromatic nitrogens is 1. The molecular weight excluding hydrogens is 240 g/mol. The minimum Gasteiger partial charge on any atom is -0.497 e. The van der Waals surface area contributed by atoms with E-state index in [2.05, 4.69) is 4.98 Å². The standard InChI is InChI=1S/C15H18N2O2/c1-18-13-8-12(9-14(10-13)19-2)15(16)7-11-3-5-17-6-4-11/h3-6,8-10,15H,7,16H2,1-2H3. The van der Waals surface area contributed by atoms with Crippen LogP contribution in [0.25, 0.3) is 0 Å². The Morgan fingerprint density at radius 2 is 1.63 bits per heavy atom. The average Bonchev–Trinajstić information content (AvgIpc) is 2.47. The van der Waals surface area contributed by atoms with E-state index < -0.39 is 0 Å². The maximum atomic E-state index is 6.24. The summed E-state index contributed by atoms with van der Waals surface area (Å²) in [6, 6.07) is 9.55. The molecule has 19 heavy (non-hydrogen) atoms. The van der Waals surface area contributed by atoms with E-state index in [0.29, 0.717) is 0 Å². The quantitative estimate of drug-likeness (QED) is 0.894. The van der Waals surface area contributed by atoms with Crippen molar-refractivity contribution in [3.8, 4) is 11.5 Å². The number of nitrogens with two attached hydrogens (primary N) is 1. The summed E-state index contributed by atoms with van der Waals surface area (Å²) in [7, 11) is 3.26. The first-order chi connectivity index (χ1) is 9.22. The number of methoxy groups -OCH3 is 2. The van der Waals surface area contributed by atoms with Gasteiger partial charge in [-0.15, -0.1) is 0 Å². The first-order valence-corrected chi connectivity index (χ1v) is 6.10. The summed E-state index contributed by atoms with van der Waals surface area (Å²) >= 11 is 0. The molecule has 0 bridgehead atoms. The number of pyridine rings is 1. The van der Waals surface area contributed by atoms with Crippen LogP contribution in [0, 0.1) is 0 Å². The Balaban J connectivity index is 2.20. The van der Waals surface area contributed by atoms with Crippen molar-refractivity contribution in [2.45, 2.75) is 12.5 Å². The minimum atomic E-state index is -0.105. The molecule has 4 heteroatoms. The summed E-state index contributed by atoms with van der Waals surface area (Å²) < 4.78 is 10.5. The van der Waals surface area contributed by atoms with Crippen LogP contribution in [0.2, 0.25) is 0 Å². The Morgan fingerprint density at radius 3 is 2.16 bits per heavy atom. The lowest BCUT2D eigenvalue weighted by Crippen LogP contribution is -2.13. The van der Waals surface area contributed by atoms with Crippen LogP contribution >= 0.6 is 0 Å². The Bertz CT molecular complexity index is 507. The van der Waals surface area contributed by atoms with Crippen molar-refractivity contribution in [3.63, 3.8) is 0 Å². The summed E-state index contributed by atoms with van der Waals surface area (Å²) in [5.41, 5.74) is 8.39. The molecule has 0 saturated carbocycles. The molecule has 0 amide bonds. The summed E-state index contributed by atoms with van der Waals surface area (Å²) in [5.74, 6) is 1.50. The van der Waals surface area contributed by atoms with E-state index in [1.54, 1.807) is 26.6 Å². The van der Waals surface area contributed by atoms with Gasteiger partial charge in [0.2, 0.25) is 0 Å². The van der Waals surface area contributed by atoms with Gasteiger partial charge < -0.3 is 15.2 Å². The molecule has 1 aromatic heterocycles. The number of nitrogens with zero attached hydrogens (tertiary/aromatic N) is 1. The molecule has 0 saturated heterocycles. The molecule has 0 aliphatic rings. The molecule has 1 atom stereocenters. The first kappa shape index (κ1) is 13.4. The second-order valence-corrected chi connectivity index (χ2v) is 4.31. The average molecular weight is 258 g/mol. The van der Waals surface area contributed by atoms with Crippen LogP contribution in [0.5, 0.6) is 11.5 Å². The van der Waals surface area contributed by atoms with E-state index in [1.165, 1.54) is 0 Å². The second-order valence-electron chi connectivity index (χ2n) is 4.31. The molecule has 4 nitrogen and oxygen atoms in total. The smallest absolute Gasteiger partial charge is 0.122 e. The van der Waals surface area contributed by atoms with E-state index in [0.717, 1.165) is 29.0 Å². The van der Waals surface area contributed by atoms with Crippen LogP contribution in [0.4, 0.5) is 0 Å². The molecule has 0 aliphatic carbocycles. The van der Waals surface area contributed by atoms with Crippen molar-refractivity contribution in [2.75, 3.05) is 14.2 Å². The zero-order valence-corrected chi connectivity index (χ0v) is 11.2. The van der Waals surface area contributed by atoms with Crippen LogP contribution in [-0.4, -0.2) is 19.2 Å². The van der Waals surface area contributed by atoms with Crippen molar-refractivity contribution < 1.29 is 9.47 Å². The van der Waals surface area contributed by atoms with Crippen molar-refractivity contribution >= 4 is 0 Å². The molecule has 0 aliphatic heterocycles. The highest BCUT2D eigenvalue weighted by Crippen LogP contribution is 2.26. The highest BCUT2D eigenvalue weighted by molar-refractivity contribution is 5.40. The first-order valence-electron chi connectivity index (χ1n) is 6.10. The van der Waals surface area contributed by atoms with E-state index in [9.17, 15) is 0 Å². The monoisotopic (exact) mass is 258 g/mol. The lowest BCUT2D eigenvalue weighted by molar-refractivity contribution is 0.392. The van der Waals surface area contributed by atoms with E-state index in [-0.39, 0.29) is 6.04 Å². The van der Waals surface area contributed by atoms with Gasteiger partial charge in [0.25, 0.3) is 0 Å². The Kier molecular flexibility index (Phi) is 4.36. The van der Waals surface area contributed by atoms with Crippen LogP contribution < -0.4 is 15.2 Å². The van der Waals surface area contributed by atoms with Crippen LogP contribution in [0.3, 0.4) is 0 Å². The molecule has 1 aromatic carbocycles. The highest BCUT2D eigenvalue weighted by atomic mass is 16.5. The summed E-state index contributed by atoms with van der Waals surface area (Å²) in [6.45, 7) is 0. The Morgan fingerprint density at radius 1 is 1.05 bits per heavy atom. The molecule has 2 N–H and O–H groups in total. The van der Waals surface area contributed by atoms with Gasteiger partial charge in [-0.1, -0.05) is 0 Å². The van der Waals surface area contributed by atoms with Crippen molar-refractivity contribution in [1.82, 2.24) is 4.98 Å². The van der Waals surface area contributed by atoms with E-state index in [4.69, 9.17) is 15.2 Å². The second kappa shape index (κ2) is 6.20. The minimum absolute atomic E-state index is 0.105. The number of hydrogen-bond donors (Lipinski definition) is 1. The lowest BCUT2D eigenvalue weighted by Gasteiger charge is -2.15. The zero-order chi connectivity index (χ0) is 13.7. The summed E-state index contributed by atoms with van der Waals surface area (Å²) in [4.78, 5) is 4.00. The number of rotatable bonds is 5. The van der Waals surface area contributed by atoms with Crippen LogP contribution in [0.15, 0.2) is 42.7 Å². The van der Waals surface area contributed by atoms with Crippen LogP contribution in [0.1, 0.15) is 17.2 Å². The lowest BCUT2D eigenvalue weighted by atomic mass is 10.00. The third-order valence-electron chi connectivity index (χ3n) is 3.01. The van der Waals surface area contributed by atoms with Gasteiger partial charge in [0.15, 0.2) is 0 Å². The van der Waals surface area contributed by atoms with Gasteiger partial charge in [-0.05, 0) is 41.8 Å². The van der Waals surface area contributed by atoms with Gasteiger partial charge in [-0.3, -0.25) is 4.98 Å². The van der Waals surface area contributed by atoms with Crippen molar-refractivity contribution in [3.05, 3.63) is 53.9 Å². The molecular formula is C15H18N2O2. The normalized spacial score (nSPS) is 11.9. The summed E-state index contributed by atoms with van der Waals surface area (Å²) in [6.07, 6.45) is 4.29. The van der Waals surface area contributed by atoms with Gasteiger partial charge in [-0.2, -0.15) is 0 Å². The van der Waals surface area contributed by atoms with Gasteiger partial charge >= 0.3 is 0 Å². The fourth-order valence-corrected chi connectivity index (χ4v) is 1.93. The SMILES string of the molecule is COc1cc(OC)cc(C(N)Cc2ccncc2)c1. The molecule has 2 aromatic rings. The maximum absolute atomic E-state index is 6.24. The van der Waals surface area contributed by atoms with E-state index >= 15 is 0 Å². The summed E-state index contributed by atoms with van der Waals surface area (Å²) in [5, 5.41) is 0. The molecule has 1 heterocycles. The predicted octanol–water partition coefficient (Wildman–Crippen LogP) is 2.34. The third kappa shape index (κ3) is 3.45. The topological polar surface area (TPSA) is 57.4 Å². The third-order valence-corrected chi connectivity index (χ3v) is 3.01. The van der Waals surface area contributed by atoms with E-state index in [1.807, 2.05) is 30.3 Å². The van der Waals surface area contributed by atoms with Crippen molar-refractivity contribution in [1.29, 1.82) is 0 Å². The van der Waals surface area contributed by atoms with Crippen LogP contribution in [-0.2, 0) is 6.42 Å². The largest absolute Gasteiger partial charge is 0.497 e. The molecule has 100 valence electrons. The Labute approximate surface area is 113 Å². The maximum Gasteiger partial charge on any atom is 0.122 e. The molecule has 0 radical (unpaired) electrons. The molecule has 0 fully saturated rings. The van der Waals surface area contributed by atoms with Gasteiger partial charge in [0.05, 0.1) is 14.2 Å². The molecule has 0 spiro atoms. The fraction of sp³-hybridized carbons (Fsp3) is 0.267. The number of hydrogen-bond acceptors (Lipinski definition) is 4. The highest BCUT2D eigenvalue weighted by Gasteiger charge is 2.10. The predicted molar refractivity (Wildman–Crippen MR) is 74.4 cm³/mol. The Hall–Kier alpha value is -2.07. The molecule has 1 unspecified atom stereocenters. The number of benzene rings is 1. The fourth-order valence-electron chi connectivity index (χ4n) is 1.93. The van der Waals surface area contributed by atoms with Crippen molar-refractivity contribution in [2.24, 2.45) is 5.73 Å². The van der Waals surface area contributed by atoms with Gasteiger partial charge in [-0.25, -0.2) is 0 Å². The van der Waals surface area contributed by atoms with Gasteiger partial charge in [0, 0.05) is 24.5 Å². The number of ether oxygens (including phenoxy) is 2.